The fraction of sp³-hybridized carbons (Fsp3) is 0.152. The number of hydrogen-bond acceptors (Lipinski definition) is 4. The van der Waals surface area contributed by atoms with Gasteiger partial charge in [0.1, 0.15) is 23.3 Å². The van der Waals surface area contributed by atoms with Crippen LogP contribution in [0.2, 0.25) is 0 Å². The fourth-order valence-corrected chi connectivity index (χ4v) is 5.57. The summed E-state index contributed by atoms with van der Waals surface area (Å²) in [5.74, 6) is 2.39. The zero-order valence-corrected chi connectivity index (χ0v) is 23.4. The van der Waals surface area contributed by atoms with E-state index in [0.717, 1.165) is 45.7 Å². The summed E-state index contributed by atoms with van der Waals surface area (Å²) in [6.45, 7) is 4.18. The van der Waals surface area contributed by atoms with E-state index >= 15 is 0 Å². The molecule has 2 atom stereocenters. The second-order valence-electron chi connectivity index (χ2n) is 9.84. The molecule has 1 saturated heterocycles. The number of pyridine rings is 1. The van der Waals surface area contributed by atoms with Gasteiger partial charge in [0.15, 0.2) is 5.11 Å². The zero-order valence-electron chi connectivity index (χ0n) is 22.6. The minimum Gasteiger partial charge on any atom is -0.497 e. The number of thiocarbonyl (C=S) groups is 1. The Hall–Kier alpha value is -4.62. The lowest BCUT2D eigenvalue weighted by Gasteiger charge is -2.29. The van der Waals surface area contributed by atoms with Crippen LogP contribution >= 0.6 is 12.2 Å². The Morgan fingerprint density at radius 2 is 1.40 bits per heavy atom. The van der Waals surface area contributed by atoms with Crippen LogP contribution in [0.5, 0.6) is 17.2 Å². The number of rotatable bonds is 7. The lowest BCUT2D eigenvalue weighted by atomic mass is 10.0. The molecular formula is C33H30N4O2S. The van der Waals surface area contributed by atoms with Gasteiger partial charge in [-0.05, 0) is 111 Å². The molecule has 6 nitrogen and oxygen atoms in total. The summed E-state index contributed by atoms with van der Waals surface area (Å²) < 4.78 is 13.8. The first kappa shape index (κ1) is 25.6. The molecule has 7 heteroatoms. The Labute approximate surface area is 239 Å². The molecule has 200 valence electrons. The topological polar surface area (TPSA) is 51.5 Å². The maximum Gasteiger partial charge on any atom is 0.174 e. The van der Waals surface area contributed by atoms with Gasteiger partial charge in [-0.25, -0.2) is 0 Å². The Kier molecular flexibility index (Phi) is 6.97. The van der Waals surface area contributed by atoms with Crippen LogP contribution in [0.25, 0.3) is 5.69 Å². The number of ether oxygens (including phenoxy) is 2. The molecule has 0 bridgehead atoms. The lowest BCUT2D eigenvalue weighted by molar-refractivity contribution is 0.414. The smallest absolute Gasteiger partial charge is 0.174 e. The van der Waals surface area contributed by atoms with Crippen molar-refractivity contribution in [1.29, 1.82) is 0 Å². The van der Waals surface area contributed by atoms with Crippen molar-refractivity contribution in [2.24, 2.45) is 0 Å². The number of benzene rings is 3. The molecule has 0 radical (unpaired) electrons. The predicted octanol–water partition coefficient (Wildman–Crippen LogP) is 7.47. The van der Waals surface area contributed by atoms with Crippen LogP contribution in [0.15, 0.2) is 109 Å². The number of aryl methyl sites for hydroxylation is 2. The second-order valence-corrected chi connectivity index (χ2v) is 10.2. The van der Waals surface area contributed by atoms with Crippen molar-refractivity contribution in [3.8, 4) is 22.9 Å². The van der Waals surface area contributed by atoms with Crippen molar-refractivity contribution in [3.05, 3.63) is 132 Å². The lowest BCUT2D eigenvalue weighted by Crippen LogP contribution is -2.30. The Morgan fingerprint density at radius 1 is 0.750 bits per heavy atom. The second kappa shape index (κ2) is 10.9. The molecule has 2 unspecified atom stereocenters. The first-order valence-corrected chi connectivity index (χ1v) is 13.6. The van der Waals surface area contributed by atoms with Crippen molar-refractivity contribution >= 4 is 23.0 Å². The van der Waals surface area contributed by atoms with Gasteiger partial charge in [0, 0.05) is 29.0 Å². The number of methoxy groups -OCH3 is 1. The maximum atomic E-state index is 6.09. The molecule has 6 rings (SSSR count). The van der Waals surface area contributed by atoms with Crippen LogP contribution in [0.3, 0.4) is 0 Å². The summed E-state index contributed by atoms with van der Waals surface area (Å²) in [4.78, 5) is 6.88. The summed E-state index contributed by atoms with van der Waals surface area (Å²) in [5, 5.41) is 4.21. The third-order valence-electron chi connectivity index (χ3n) is 7.21. The minimum absolute atomic E-state index is 0.150. The number of hydrogen-bond donors (Lipinski definition) is 1. The van der Waals surface area contributed by atoms with E-state index in [9.17, 15) is 0 Å². The average molecular weight is 547 g/mol. The van der Waals surface area contributed by atoms with Gasteiger partial charge in [-0.3, -0.25) is 4.98 Å². The Morgan fingerprint density at radius 3 is 2.05 bits per heavy atom. The molecule has 0 spiro atoms. The molecule has 3 aromatic carbocycles. The van der Waals surface area contributed by atoms with Gasteiger partial charge < -0.3 is 24.3 Å². The van der Waals surface area contributed by atoms with E-state index in [-0.39, 0.29) is 12.1 Å². The van der Waals surface area contributed by atoms with Gasteiger partial charge in [0.25, 0.3) is 0 Å². The maximum absolute atomic E-state index is 6.09. The van der Waals surface area contributed by atoms with Crippen molar-refractivity contribution in [2.45, 2.75) is 25.9 Å². The molecule has 1 fully saturated rings. The van der Waals surface area contributed by atoms with Crippen LogP contribution in [0.4, 0.5) is 5.69 Å². The standard InChI is InChI=1S/C33H30N4O2S/c1-22-7-14-27(15-8-22)39-28-18-12-25(13-19-28)37-32(31(35-33(37)40)29-6-4-5-21-34-29)30-20-9-23(2)36(30)24-10-16-26(38-3)17-11-24/h4-21,31-32H,1-3H3,(H,35,40). The van der Waals surface area contributed by atoms with Crippen LogP contribution in [-0.4, -0.2) is 21.8 Å². The molecule has 0 saturated carbocycles. The summed E-state index contributed by atoms with van der Waals surface area (Å²) in [6, 6.07) is 34.2. The van der Waals surface area contributed by atoms with Gasteiger partial charge in [0.2, 0.25) is 0 Å². The van der Waals surface area contributed by atoms with Gasteiger partial charge >= 0.3 is 0 Å². The SMILES string of the molecule is COc1ccc(-n2c(C)ccc2C2C(c3ccccn3)NC(=S)N2c2ccc(Oc3ccc(C)cc3)cc2)cc1. The molecule has 0 amide bonds. The summed E-state index contributed by atoms with van der Waals surface area (Å²) >= 11 is 5.96. The summed E-state index contributed by atoms with van der Waals surface area (Å²) in [5.41, 5.74) is 6.37. The van der Waals surface area contributed by atoms with Crippen LogP contribution in [-0.2, 0) is 0 Å². The van der Waals surface area contributed by atoms with Crippen LogP contribution in [0, 0.1) is 13.8 Å². The molecular weight excluding hydrogens is 516 g/mol. The minimum atomic E-state index is -0.151. The molecule has 5 aromatic rings. The van der Waals surface area contributed by atoms with Gasteiger partial charge in [-0.1, -0.05) is 23.8 Å². The molecule has 0 aliphatic carbocycles. The Bertz CT molecular complexity index is 1610. The van der Waals surface area contributed by atoms with E-state index < -0.39 is 0 Å². The highest BCUT2D eigenvalue weighted by molar-refractivity contribution is 7.80. The average Bonchev–Trinajstić information content (AvgIpc) is 3.54. The highest BCUT2D eigenvalue weighted by Gasteiger charge is 2.42. The summed E-state index contributed by atoms with van der Waals surface area (Å²) in [6.07, 6.45) is 1.82. The number of aromatic nitrogens is 2. The van der Waals surface area contributed by atoms with E-state index in [1.807, 2.05) is 72.9 Å². The highest BCUT2D eigenvalue weighted by Crippen LogP contribution is 2.43. The molecule has 3 heterocycles. The van der Waals surface area contributed by atoms with E-state index in [4.69, 9.17) is 26.7 Å². The molecule has 2 aromatic heterocycles. The zero-order chi connectivity index (χ0) is 27.6. The van der Waals surface area contributed by atoms with Crippen molar-refractivity contribution in [3.63, 3.8) is 0 Å². The fourth-order valence-electron chi connectivity index (χ4n) is 5.22. The largest absolute Gasteiger partial charge is 0.497 e. The molecule has 1 aliphatic rings. The van der Waals surface area contributed by atoms with E-state index in [1.54, 1.807) is 7.11 Å². The quantitative estimate of drug-likeness (QED) is 0.214. The third kappa shape index (κ3) is 4.92. The van der Waals surface area contributed by atoms with Gasteiger partial charge in [-0.15, -0.1) is 0 Å². The molecule has 1 aliphatic heterocycles. The molecule has 1 N–H and O–H groups in total. The van der Waals surface area contributed by atoms with E-state index in [2.05, 4.69) is 65.0 Å². The first-order valence-electron chi connectivity index (χ1n) is 13.2. The Balaban J connectivity index is 1.40. The predicted molar refractivity (Wildman–Crippen MR) is 163 cm³/mol. The first-order chi connectivity index (χ1) is 19.5. The van der Waals surface area contributed by atoms with E-state index in [1.165, 1.54) is 5.56 Å². The number of anilines is 1. The van der Waals surface area contributed by atoms with Crippen molar-refractivity contribution in [1.82, 2.24) is 14.9 Å². The van der Waals surface area contributed by atoms with Crippen LogP contribution < -0.4 is 19.7 Å². The van der Waals surface area contributed by atoms with E-state index in [0.29, 0.717) is 5.11 Å². The van der Waals surface area contributed by atoms with Gasteiger partial charge in [-0.2, -0.15) is 0 Å². The molecule has 40 heavy (non-hydrogen) atoms. The third-order valence-corrected chi connectivity index (χ3v) is 7.52. The van der Waals surface area contributed by atoms with Crippen molar-refractivity contribution < 1.29 is 9.47 Å². The van der Waals surface area contributed by atoms with Crippen molar-refractivity contribution in [2.75, 3.05) is 12.0 Å². The highest BCUT2D eigenvalue weighted by atomic mass is 32.1. The monoisotopic (exact) mass is 546 g/mol. The number of nitrogens with zero attached hydrogens (tertiary/aromatic N) is 3. The normalized spacial score (nSPS) is 16.6. The van der Waals surface area contributed by atoms with Gasteiger partial charge in [0.05, 0.1) is 18.8 Å². The van der Waals surface area contributed by atoms with Crippen LogP contribution in [0.1, 0.15) is 34.7 Å². The summed E-state index contributed by atoms with van der Waals surface area (Å²) in [7, 11) is 1.68. The number of nitrogens with one attached hydrogen (secondary N) is 1.